The summed E-state index contributed by atoms with van der Waals surface area (Å²) in [6, 6.07) is 22.6. The predicted octanol–water partition coefficient (Wildman–Crippen LogP) is 6.87. The van der Waals surface area contributed by atoms with Crippen LogP contribution in [0.3, 0.4) is 0 Å². The number of aromatic hydroxyl groups is 1. The third kappa shape index (κ3) is 5.08. The molecule has 1 aliphatic heterocycles. The van der Waals surface area contributed by atoms with Crippen LogP contribution < -0.4 is 0 Å². The van der Waals surface area contributed by atoms with Crippen molar-refractivity contribution in [3.8, 4) is 5.75 Å². The molecule has 200 valence electrons. The lowest BCUT2D eigenvalue weighted by molar-refractivity contribution is 0.00989. The second-order valence-corrected chi connectivity index (χ2v) is 12.7. The predicted molar refractivity (Wildman–Crippen MR) is 155 cm³/mol. The van der Waals surface area contributed by atoms with Gasteiger partial charge in [-0.25, -0.2) is 0 Å². The standard InChI is InChI=1S/C34H42N2O2/c1-24(2)21-36(33(38)28-13-12-26-6-3-4-7-27(26)18-28)31-15-14-30-23-35(22-25-10-11-25)17-16-34(30,20-31)29-8-5-9-32(37)19-29/h3-9,12-13,18-19,24-25,30-31,37H,10-11,14-17,20-23H2,1-2H3/t30-,31-,34+/m1/s1. The number of benzene rings is 3. The normalized spacial score (nSPS) is 25.9. The first-order valence-electron chi connectivity index (χ1n) is 14.7. The average molecular weight is 511 g/mol. The van der Waals surface area contributed by atoms with Crippen molar-refractivity contribution in [1.29, 1.82) is 0 Å². The number of piperidine rings is 1. The third-order valence-electron chi connectivity index (χ3n) is 9.48. The molecule has 0 radical (unpaired) electrons. The first kappa shape index (κ1) is 25.4. The van der Waals surface area contributed by atoms with Crippen LogP contribution in [0.15, 0.2) is 66.7 Å². The fourth-order valence-electron chi connectivity index (χ4n) is 7.38. The van der Waals surface area contributed by atoms with E-state index in [0.717, 1.165) is 62.2 Å². The van der Waals surface area contributed by atoms with E-state index in [9.17, 15) is 9.90 Å². The zero-order valence-electron chi connectivity index (χ0n) is 23.0. The molecule has 1 heterocycles. The summed E-state index contributed by atoms with van der Waals surface area (Å²) in [7, 11) is 0. The summed E-state index contributed by atoms with van der Waals surface area (Å²) in [5.74, 6) is 2.37. The Morgan fingerprint density at radius 2 is 1.82 bits per heavy atom. The number of carbonyl (C=O) groups excluding carboxylic acids is 1. The first-order valence-corrected chi connectivity index (χ1v) is 14.7. The smallest absolute Gasteiger partial charge is 0.254 e. The van der Waals surface area contributed by atoms with E-state index in [-0.39, 0.29) is 17.4 Å². The average Bonchev–Trinajstić information content (AvgIpc) is 3.75. The summed E-state index contributed by atoms with van der Waals surface area (Å²) in [6.07, 6.45) is 7.04. The molecule has 4 heteroatoms. The first-order chi connectivity index (χ1) is 18.4. The van der Waals surface area contributed by atoms with E-state index in [2.05, 4.69) is 54.0 Å². The van der Waals surface area contributed by atoms with Crippen LogP contribution in [-0.4, -0.2) is 53.0 Å². The zero-order valence-corrected chi connectivity index (χ0v) is 23.0. The molecule has 1 amide bonds. The summed E-state index contributed by atoms with van der Waals surface area (Å²) >= 11 is 0. The minimum absolute atomic E-state index is 0.000597. The van der Waals surface area contributed by atoms with Crippen molar-refractivity contribution in [3.05, 3.63) is 77.9 Å². The number of hydrogen-bond acceptors (Lipinski definition) is 3. The number of likely N-dealkylation sites (tertiary alicyclic amines) is 1. The van der Waals surface area contributed by atoms with Crippen LogP contribution in [0.4, 0.5) is 0 Å². The third-order valence-corrected chi connectivity index (χ3v) is 9.48. The van der Waals surface area contributed by atoms with Gasteiger partial charge in [-0.2, -0.15) is 0 Å². The maximum absolute atomic E-state index is 14.1. The molecule has 1 N–H and O–H groups in total. The Morgan fingerprint density at radius 3 is 2.58 bits per heavy atom. The maximum Gasteiger partial charge on any atom is 0.254 e. The Morgan fingerprint density at radius 1 is 1.00 bits per heavy atom. The number of carbonyl (C=O) groups is 1. The number of phenols is 1. The lowest BCUT2D eigenvalue weighted by Crippen LogP contribution is -2.57. The fraction of sp³-hybridized carbons (Fsp3) is 0.500. The van der Waals surface area contributed by atoms with Gasteiger partial charge in [-0.05, 0) is 103 Å². The van der Waals surface area contributed by atoms with Gasteiger partial charge in [-0.1, -0.05) is 56.3 Å². The highest BCUT2D eigenvalue weighted by Crippen LogP contribution is 2.51. The van der Waals surface area contributed by atoms with Crippen LogP contribution in [0, 0.1) is 17.8 Å². The monoisotopic (exact) mass is 510 g/mol. The molecule has 2 saturated carbocycles. The SMILES string of the molecule is CC(C)CN(C(=O)c1ccc2ccccc2c1)[C@@H]1CC[C@@H]2CN(CC3CC3)CC[C@@]2(c2cccc(O)c2)C1. The van der Waals surface area contributed by atoms with Crippen LogP contribution in [-0.2, 0) is 5.41 Å². The number of fused-ring (bicyclic) bond motifs is 2. The molecule has 3 atom stereocenters. The molecule has 3 fully saturated rings. The molecule has 0 bridgehead atoms. The van der Waals surface area contributed by atoms with E-state index in [1.807, 2.05) is 30.3 Å². The molecule has 6 rings (SSSR count). The van der Waals surface area contributed by atoms with Gasteiger partial charge in [0.05, 0.1) is 0 Å². The molecular weight excluding hydrogens is 468 g/mol. The summed E-state index contributed by atoms with van der Waals surface area (Å²) in [4.78, 5) is 19.0. The van der Waals surface area contributed by atoms with Gasteiger partial charge in [0.25, 0.3) is 5.91 Å². The van der Waals surface area contributed by atoms with Gasteiger partial charge in [0.2, 0.25) is 0 Å². The summed E-state index contributed by atoms with van der Waals surface area (Å²) in [5, 5.41) is 12.7. The highest BCUT2D eigenvalue weighted by molar-refractivity contribution is 5.98. The Labute approximate surface area is 227 Å². The van der Waals surface area contributed by atoms with E-state index < -0.39 is 0 Å². The summed E-state index contributed by atoms with van der Waals surface area (Å²) in [6.45, 7) is 8.70. The van der Waals surface area contributed by atoms with E-state index in [0.29, 0.717) is 17.6 Å². The van der Waals surface area contributed by atoms with Gasteiger partial charge in [-0.3, -0.25) is 4.79 Å². The fourth-order valence-corrected chi connectivity index (χ4v) is 7.38. The van der Waals surface area contributed by atoms with Gasteiger partial charge >= 0.3 is 0 Å². The topological polar surface area (TPSA) is 43.8 Å². The number of phenolic OH excluding ortho intramolecular Hbond substituents is 1. The van der Waals surface area contributed by atoms with Crippen molar-refractivity contribution in [3.63, 3.8) is 0 Å². The zero-order chi connectivity index (χ0) is 26.3. The molecule has 0 unspecified atom stereocenters. The molecule has 3 aromatic carbocycles. The molecule has 3 aromatic rings. The number of amides is 1. The van der Waals surface area contributed by atoms with Crippen molar-refractivity contribution in [2.75, 3.05) is 26.2 Å². The van der Waals surface area contributed by atoms with Gasteiger partial charge in [0.15, 0.2) is 0 Å². The van der Waals surface area contributed by atoms with Gasteiger partial charge in [-0.15, -0.1) is 0 Å². The number of hydrogen-bond donors (Lipinski definition) is 1. The van der Waals surface area contributed by atoms with Crippen LogP contribution in [0.2, 0.25) is 0 Å². The van der Waals surface area contributed by atoms with Crippen molar-refractivity contribution in [2.45, 2.75) is 63.8 Å². The van der Waals surface area contributed by atoms with Gasteiger partial charge < -0.3 is 14.9 Å². The lowest BCUT2D eigenvalue weighted by atomic mass is 9.57. The van der Waals surface area contributed by atoms with Crippen molar-refractivity contribution < 1.29 is 9.90 Å². The lowest BCUT2D eigenvalue weighted by Gasteiger charge is -2.55. The molecular formula is C34H42N2O2. The van der Waals surface area contributed by atoms with Crippen molar-refractivity contribution in [1.82, 2.24) is 9.80 Å². The largest absolute Gasteiger partial charge is 0.508 e. The van der Waals surface area contributed by atoms with Crippen LogP contribution in [0.5, 0.6) is 5.75 Å². The minimum Gasteiger partial charge on any atom is -0.508 e. The van der Waals surface area contributed by atoms with E-state index in [1.165, 1.54) is 30.3 Å². The Bertz CT molecular complexity index is 1300. The molecule has 2 aliphatic carbocycles. The van der Waals surface area contributed by atoms with Gasteiger partial charge in [0, 0.05) is 36.7 Å². The second kappa shape index (κ2) is 10.4. The van der Waals surface area contributed by atoms with E-state index in [4.69, 9.17) is 0 Å². The van der Waals surface area contributed by atoms with E-state index in [1.54, 1.807) is 6.07 Å². The highest BCUT2D eigenvalue weighted by atomic mass is 16.3. The Balaban J connectivity index is 1.31. The second-order valence-electron chi connectivity index (χ2n) is 12.7. The van der Waals surface area contributed by atoms with Crippen LogP contribution in [0.1, 0.15) is 68.3 Å². The molecule has 0 spiro atoms. The highest BCUT2D eigenvalue weighted by Gasteiger charge is 2.50. The van der Waals surface area contributed by atoms with Crippen molar-refractivity contribution in [2.24, 2.45) is 17.8 Å². The number of rotatable bonds is 7. The van der Waals surface area contributed by atoms with E-state index >= 15 is 0 Å². The Kier molecular flexibility index (Phi) is 6.94. The quantitative estimate of drug-likeness (QED) is 0.377. The molecule has 1 saturated heterocycles. The maximum atomic E-state index is 14.1. The Hall–Kier alpha value is -2.85. The minimum atomic E-state index is 0.000597. The number of nitrogens with zero attached hydrogens (tertiary/aromatic N) is 2. The molecule has 4 nitrogen and oxygen atoms in total. The van der Waals surface area contributed by atoms with Gasteiger partial charge in [0.1, 0.15) is 5.75 Å². The molecule has 38 heavy (non-hydrogen) atoms. The summed E-state index contributed by atoms with van der Waals surface area (Å²) in [5.41, 5.74) is 2.05. The van der Waals surface area contributed by atoms with Crippen molar-refractivity contribution >= 4 is 16.7 Å². The molecule has 3 aliphatic rings. The molecule has 0 aromatic heterocycles. The van der Waals surface area contributed by atoms with Crippen LogP contribution >= 0.6 is 0 Å². The van der Waals surface area contributed by atoms with Crippen LogP contribution in [0.25, 0.3) is 10.8 Å². The summed E-state index contributed by atoms with van der Waals surface area (Å²) < 4.78 is 0.